The first-order valence-corrected chi connectivity index (χ1v) is 13.3. The van der Waals surface area contributed by atoms with Crippen LogP contribution in [0.5, 0.6) is 0 Å². The molecule has 4 rings (SSSR count). The van der Waals surface area contributed by atoms with Gasteiger partial charge in [-0.15, -0.1) is 12.4 Å². The number of piperazine rings is 1. The van der Waals surface area contributed by atoms with Gasteiger partial charge in [0.1, 0.15) is 0 Å². The largest absolute Gasteiger partial charge is 0.378 e. The number of unbranched alkanes of at least 4 members (excludes halogenated alkanes) is 1. The number of hydrogen-bond donors (Lipinski definition) is 0. The predicted octanol–water partition coefficient (Wildman–Crippen LogP) is 6.24. The molecule has 1 aromatic carbocycles. The van der Waals surface area contributed by atoms with Gasteiger partial charge in [0.05, 0.1) is 13.2 Å². The highest BCUT2D eigenvalue weighted by molar-refractivity contribution is 5.85. The molecule has 0 atom stereocenters. The molecule has 2 fully saturated rings. The van der Waals surface area contributed by atoms with E-state index < -0.39 is 0 Å². The number of anilines is 2. The van der Waals surface area contributed by atoms with Crippen molar-refractivity contribution in [3.63, 3.8) is 0 Å². The number of benzene rings is 1. The van der Waals surface area contributed by atoms with Crippen molar-refractivity contribution in [3.8, 4) is 0 Å². The maximum atomic E-state index is 5.61. The Kier molecular flexibility index (Phi) is 9.96. The summed E-state index contributed by atoms with van der Waals surface area (Å²) in [6, 6.07) is 7.28. The second-order valence-corrected chi connectivity index (χ2v) is 10.1. The highest BCUT2D eigenvalue weighted by Crippen LogP contribution is 2.45. The van der Waals surface area contributed by atoms with E-state index in [9.17, 15) is 0 Å². The van der Waals surface area contributed by atoms with E-state index in [0.717, 1.165) is 39.4 Å². The minimum atomic E-state index is 0. The van der Waals surface area contributed by atoms with E-state index in [1.54, 1.807) is 5.57 Å². The van der Waals surface area contributed by atoms with Crippen LogP contribution >= 0.6 is 12.4 Å². The van der Waals surface area contributed by atoms with Crippen molar-refractivity contribution in [2.75, 3.05) is 68.8 Å². The lowest BCUT2D eigenvalue weighted by Crippen LogP contribution is -2.47. The van der Waals surface area contributed by atoms with Gasteiger partial charge < -0.3 is 14.5 Å². The third kappa shape index (κ3) is 6.26. The zero-order valence-electron chi connectivity index (χ0n) is 21.3. The van der Waals surface area contributed by atoms with Crippen LogP contribution in [0, 0.1) is 5.41 Å². The molecule has 0 aromatic heterocycles. The molecule has 5 heteroatoms. The molecule has 0 saturated carbocycles. The number of morpholine rings is 1. The Morgan fingerprint density at radius 2 is 1.64 bits per heavy atom. The van der Waals surface area contributed by atoms with E-state index in [0.29, 0.717) is 5.41 Å². The monoisotopic (exact) mass is 475 g/mol. The predicted molar refractivity (Wildman–Crippen MR) is 145 cm³/mol. The Morgan fingerprint density at radius 3 is 2.24 bits per heavy atom. The molecule has 3 aliphatic rings. The molecule has 1 aliphatic carbocycles. The Labute approximate surface area is 208 Å². The second kappa shape index (κ2) is 12.5. The molecule has 186 valence electrons. The van der Waals surface area contributed by atoms with Crippen LogP contribution in [0.4, 0.5) is 11.4 Å². The molecule has 33 heavy (non-hydrogen) atoms. The van der Waals surface area contributed by atoms with Gasteiger partial charge in [-0.2, -0.15) is 0 Å². The first-order chi connectivity index (χ1) is 15.7. The maximum absolute atomic E-state index is 5.61. The minimum absolute atomic E-state index is 0. The van der Waals surface area contributed by atoms with Gasteiger partial charge in [-0.1, -0.05) is 46.1 Å². The molecule has 0 spiro atoms. The zero-order chi connectivity index (χ0) is 22.4. The van der Waals surface area contributed by atoms with E-state index >= 15 is 0 Å². The Balaban J connectivity index is 0.00000306. The topological polar surface area (TPSA) is 19.0 Å². The lowest BCUT2D eigenvalue weighted by Gasteiger charge is -2.39. The third-order valence-corrected chi connectivity index (χ3v) is 8.45. The number of ether oxygens (including phenoxy) is 1. The van der Waals surface area contributed by atoms with Crippen LogP contribution in [0.2, 0.25) is 0 Å². The number of halogens is 1. The highest BCUT2D eigenvalue weighted by atomic mass is 35.5. The van der Waals surface area contributed by atoms with E-state index in [1.165, 1.54) is 81.5 Å². The Morgan fingerprint density at radius 1 is 0.909 bits per heavy atom. The van der Waals surface area contributed by atoms with E-state index in [1.807, 2.05) is 0 Å². The first kappa shape index (κ1) is 26.4. The molecular formula is C28H46ClN3O. The van der Waals surface area contributed by atoms with E-state index in [4.69, 9.17) is 4.74 Å². The third-order valence-electron chi connectivity index (χ3n) is 8.45. The molecule has 4 nitrogen and oxygen atoms in total. The normalized spacial score (nSPS) is 21.5. The lowest BCUT2D eigenvalue weighted by atomic mass is 9.70. The Hall–Kier alpha value is -1.23. The summed E-state index contributed by atoms with van der Waals surface area (Å²) in [7, 11) is 0. The van der Waals surface area contributed by atoms with Gasteiger partial charge in [-0.05, 0) is 61.4 Å². The molecular weight excluding hydrogens is 430 g/mol. The van der Waals surface area contributed by atoms with Crippen molar-refractivity contribution >= 4 is 29.4 Å². The number of allylic oxidation sites excluding steroid dienone is 2. The molecule has 2 heterocycles. The minimum Gasteiger partial charge on any atom is -0.378 e. The van der Waals surface area contributed by atoms with Crippen LogP contribution in [0.15, 0.2) is 24.3 Å². The molecule has 2 saturated heterocycles. The van der Waals surface area contributed by atoms with Crippen molar-refractivity contribution in [2.45, 2.75) is 65.7 Å². The van der Waals surface area contributed by atoms with Crippen LogP contribution in [-0.4, -0.2) is 63.9 Å². The fourth-order valence-corrected chi connectivity index (χ4v) is 5.75. The maximum Gasteiger partial charge on any atom is 0.0642 e. The summed E-state index contributed by atoms with van der Waals surface area (Å²) in [6.45, 7) is 16.7. The van der Waals surface area contributed by atoms with Crippen LogP contribution in [-0.2, 0) is 4.74 Å². The average Bonchev–Trinajstić information content (AvgIpc) is 2.88. The first-order valence-electron chi connectivity index (χ1n) is 13.3. The van der Waals surface area contributed by atoms with Gasteiger partial charge in [0.25, 0.3) is 0 Å². The van der Waals surface area contributed by atoms with Crippen molar-refractivity contribution in [1.29, 1.82) is 0 Å². The number of hydrogen-bond acceptors (Lipinski definition) is 4. The zero-order valence-corrected chi connectivity index (χ0v) is 22.1. The number of nitrogens with zero attached hydrogens (tertiary/aromatic N) is 3. The van der Waals surface area contributed by atoms with Gasteiger partial charge in [-0.3, -0.25) is 4.90 Å². The summed E-state index contributed by atoms with van der Waals surface area (Å²) in [6.07, 6.45) is 11.6. The Bertz CT molecular complexity index is 762. The van der Waals surface area contributed by atoms with Crippen molar-refractivity contribution in [3.05, 3.63) is 29.8 Å². The molecule has 0 unspecified atom stereocenters. The van der Waals surface area contributed by atoms with Gasteiger partial charge >= 0.3 is 0 Å². The average molecular weight is 476 g/mol. The molecule has 0 N–H and O–H groups in total. The quantitative estimate of drug-likeness (QED) is 0.442. The molecule has 0 bridgehead atoms. The fraction of sp³-hybridized carbons (Fsp3) is 0.714. The van der Waals surface area contributed by atoms with Crippen molar-refractivity contribution in [1.82, 2.24) is 4.90 Å². The van der Waals surface area contributed by atoms with Crippen LogP contribution in [0.1, 0.15) is 71.3 Å². The SMILES string of the molecule is CCCCN1CCN(c2ccc(N3CCOCC3)cc2C2=CCC(CC)(CC)CC2)CC1.Cl. The summed E-state index contributed by atoms with van der Waals surface area (Å²) in [4.78, 5) is 7.81. The molecule has 1 aromatic rings. The summed E-state index contributed by atoms with van der Waals surface area (Å²) in [5.74, 6) is 0. The number of rotatable bonds is 8. The summed E-state index contributed by atoms with van der Waals surface area (Å²) < 4.78 is 5.61. The van der Waals surface area contributed by atoms with Gasteiger partial charge in [0.2, 0.25) is 0 Å². The molecule has 2 aliphatic heterocycles. The van der Waals surface area contributed by atoms with Gasteiger partial charge in [-0.25, -0.2) is 0 Å². The smallest absolute Gasteiger partial charge is 0.0642 e. The summed E-state index contributed by atoms with van der Waals surface area (Å²) in [5.41, 5.74) is 6.44. The molecule has 0 amide bonds. The van der Waals surface area contributed by atoms with E-state index in [2.05, 4.69) is 59.7 Å². The standard InChI is InChI=1S/C28H45N3O.ClH/c1-4-7-14-29-15-17-31(18-16-29)27-9-8-25(30-19-21-32-22-20-30)23-26(27)24-10-12-28(5-2,6-3)13-11-24;/h8-10,23H,4-7,11-22H2,1-3H3;1H. The van der Waals surface area contributed by atoms with E-state index in [-0.39, 0.29) is 12.4 Å². The fourth-order valence-electron chi connectivity index (χ4n) is 5.75. The molecule has 0 radical (unpaired) electrons. The highest BCUT2D eigenvalue weighted by Gasteiger charge is 2.30. The van der Waals surface area contributed by atoms with Gasteiger partial charge in [0.15, 0.2) is 0 Å². The van der Waals surface area contributed by atoms with Crippen molar-refractivity contribution in [2.24, 2.45) is 5.41 Å². The van der Waals surface area contributed by atoms with Gasteiger partial charge in [0, 0.05) is 56.2 Å². The van der Waals surface area contributed by atoms with Crippen LogP contribution in [0.25, 0.3) is 5.57 Å². The van der Waals surface area contributed by atoms with Crippen LogP contribution < -0.4 is 9.80 Å². The van der Waals surface area contributed by atoms with Crippen molar-refractivity contribution < 1.29 is 4.74 Å². The lowest BCUT2D eigenvalue weighted by molar-refractivity contribution is 0.122. The van der Waals surface area contributed by atoms with Crippen LogP contribution in [0.3, 0.4) is 0 Å². The summed E-state index contributed by atoms with van der Waals surface area (Å²) in [5, 5.41) is 0. The summed E-state index contributed by atoms with van der Waals surface area (Å²) >= 11 is 0. The second-order valence-electron chi connectivity index (χ2n) is 10.1.